The molecule has 0 saturated carbocycles. The largest absolute Gasteiger partial charge is 0.487 e. The average molecular weight is 214 g/mol. The lowest BCUT2D eigenvalue weighted by atomic mass is 10.2. The van der Waals surface area contributed by atoms with Gasteiger partial charge in [-0.15, -0.1) is 0 Å². The third-order valence-electron chi connectivity index (χ3n) is 2.32. The Morgan fingerprint density at radius 2 is 1.88 bits per heavy atom. The van der Waals surface area contributed by atoms with Crippen LogP contribution in [0.1, 0.15) is 11.3 Å². The van der Waals surface area contributed by atoms with E-state index in [9.17, 15) is 0 Å². The van der Waals surface area contributed by atoms with Crippen LogP contribution in [-0.4, -0.2) is 4.98 Å². The zero-order valence-corrected chi connectivity index (χ0v) is 8.97. The van der Waals surface area contributed by atoms with Crippen LogP contribution in [0.5, 0.6) is 5.75 Å². The Balaban J connectivity index is 2.05. The Morgan fingerprint density at radius 1 is 1.06 bits per heavy atom. The quantitative estimate of drug-likeness (QED) is 0.848. The van der Waals surface area contributed by atoms with E-state index in [1.54, 1.807) is 6.20 Å². The molecule has 0 fully saturated rings. The SMILES string of the molecule is NCc1cccnc1COc1ccccc1. The van der Waals surface area contributed by atoms with Gasteiger partial charge in [-0.1, -0.05) is 24.3 Å². The van der Waals surface area contributed by atoms with Gasteiger partial charge in [-0.25, -0.2) is 0 Å². The van der Waals surface area contributed by atoms with E-state index in [0.29, 0.717) is 13.2 Å². The van der Waals surface area contributed by atoms with E-state index in [-0.39, 0.29) is 0 Å². The molecule has 2 N–H and O–H groups in total. The minimum Gasteiger partial charge on any atom is -0.487 e. The van der Waals surface area contributed by atoms with Crippen LogP contribution in [0.3, 0.4) is 0 Å². The maximum atomic E-state index is 5.62. The lowest BCUT2D eigenvalue weighted by molar-refractivity contribution is 0.300. The molecule has 16 heavy (non-hydrogen) atoms. The number of ether oxygens (including phenoxy) is 1. The molecule has 0 aliphatic carbocycles. The van der Waals surface area contributed by atoms with Crippen LogP contribution in [0, 0.1) is 0 Å². The highest BCUT2D eigenvalue weighted by Crippen LogP contribution is 2.12. The molecule has 1 aromatic heterocycles. The smallest absolute Gasteiger partial charge is 0.131 e. The van der Waals surface area contributed by atoms with Crippen molar-refractivity contribution in [1.82, 2.24) is 4.98 Å². The summed E-state index contributed by atoms with van der Waals surface area (Å²) in [6, 6.07) is 13.5. The van der Waals surface area contributed by atoms with E-state index < -0.39 is 0 Å². The van der Waals surface area contributed by atoms with Crippen molar-refractivity contribution in [2.75, 3.05) is 0 Å². The molecule has 2 rings (SSSR count). The molecule has 0 aliphatic rings. The van der Waals surface area contributed by atoms with Crippen molar-refractivity contribution in [1.29, 1.82) is 0 Å². The summed E-state index contributed by atoms with van der Waals surface area (Å²) in [5.74, 6) is 0.844. The summed E-state index contributed by atoms with van der Waals surface area (Å²) in [5, 5.41) is 0. The fourth-order valence-corrected chi connectivity index (χ4v) is 1.46. The molecule has 0 amide bonds. The topological polar surface area (TPSA) is 48.1 Å². The number of nitrogens with zero attached hydrogens (tertiary/aromatic N) is 1. The summed E-state index contributed by atoms with van der Waals surface area (Å²) < 4.78 is 5.62. The summed E-state index contributed by atoms with van der Waals surface area (Å²) in [7, 11) is 0. The van der Waals surface area contributed by atoms with Gasteiger partial charge < -0.3 is 10.5 Å². The van der Waals surface area contributed by atoms with Gasteiger partial charge in [-0.05, 0) is 23.8 Å². The number of pyridine rings is 1. The van der Waals surface area contributed by atoms with E-state index in [2.05, 4.69) is 4.98 Å². The van der Waals surface area contributed by atoms with Gasteiger partial charge in [0.05, 0.1) is 5.69 Å². The second-order valence-electron chi connectivity index (χ2n) is 3.42. The van der Waals surface area contributed by atoms with Crippen LogP contribution < -0.4 is 10.5 Å². The van der Waals surface area contributed by atoms with Crippen LogP contribution in [0.4, 0.5) is 0 Å². The predicted octanol–water partition coefficient (Wildman–Crippen LogP) is 2.12. The first-order valence-corrected chi connectivity index (χ1v) is 5.21. The summed E-state index contributed by atoms with van der Waals surface area (Å²) in [4.78, 5) is 4.26. The first kappa shape index (κ1) is 10.6. The predicted molar refractivity (Wildman–Crippen MR) is 62.9 cm³/mol. The minimum absolute atomic E-state index is 0.456. The molecular weight excluding hydrogens is 200 g/mol. The van der Waals surface area contributed by atoms with Crippen LogP contribution in [0.2, 0.25) is 0 Å². The number of para-hydroxylation sites is 1. The van der Waals surface area contributed by atoms with Gasteiger partial charge in [-0.2, -0.15) is 0 Å². The van der Waals surface area contributed by atoms with Crippen LogP contribution in [0.25, 0.3) is 0 Å². The van der Waals surface area contributed by atoms with E-state index >= 15 is 0 Å². The van der Waals surface area contributed by atoms with Gasteiger partial charge in [-0.3, -0.25) is 4.98 Å². The van der Waals surface area contributed by atoms with Crippen molar-refractivity contribution in [2.24, 2.45) is 5.73 Å². The molecule has 0 aliphatic heterocycles. The molecule has 82 valence electrons. The van der Waals surface area contributed by atoms with Crippen LogP contribution >= 0.6 is 0 Å². The number of benzene rings is 1. The molecule has 3 heteroatoms. The van der Waals surface area contributed by atoms with E-state index in [1.807, 2.05) is 42.5 Å². The highest BCUT2D eigenvalue weighted by molar-refractivity contribution is 5.23. The van der Waals surface area contributed by atoms with E-state index in [4.69, 9.17) is 10.5 Å². The molecule has 0 atom stereocenters. The van der Waals surface area contributed by atoms with Gasteiger partial charge in [0.25, 0.3) is 0 Å². The van der Waals surface area contributed by atoms with Crippen molar-refractivity contribution in [3.63, 3.8) is 0 Å². The third kappa shape index (κ3) is 2.58. The minimum atomic E-state index is 0.456. The molecule has 0 radical (unpaired) electrons. The molecule has 0 unspecified atom stereocenters. The van der Waals surface area contributed by atoms with Crippen molar-refractivity contribution < 1.29 is 4.74 Å². The number of hydrogen-bond donors (Lipinski definition) is 1. The molecule has 0 spiro atoms. The first-order chi connectivity index (χ1) is 7.90. The van der Waals surface area contributed by atoms with Crippen molar-refractivity contribution in [3.8, 4) is 5.75 Å². The van der Waals surface area contributed by atoms with Crippen molar-refractivity contribution >= 4 is 0 Å². The van der Waals surface area contributed by atoms with Crippen LogP contribution in [0.15, 0.2) is 48.7 Å². The molecule has 0 bridgehead atoms. The maximum absolute atomic E-state index is 5.62. The Kier molecular flexibility index (Phi) is 3.51. The standard InChI is InChI=1S/C13H14N2O/c14-9-11-5-4-8-15-13(11)10-16-12-6-2-1-3-7-12/h1-8H,9-10,14H2. The average Bonchev–Trinajstić information content (AvgIpc) is 2.38. The maximum Gasteiger partial charge on any atom is 0.131 e. The number of aromatic nitrogens is 1. The monoisotopic (exact) mass is 214 g/mol. The lowest BCUT2D eigenvalue weighted by Crippen LogP contribution is -2.06. The molecule has 1 aromatic carbocycles. The fraction of sp³-hybridized carbons (Fsp3) is 0.154. The molecular formula is C13H14N2O. The van der Waals surface area contributed by atoms with E-state index in [0.717, 1.165) is 17.0 Å². The summed E-state index contributed by atoms with van der Waals surface area (Å²) >= 11 is 0. The summed E-state index contributed by atoms with van der Waals surface area (Å²) in [5.41, 5.74) is 7.55. The zero-order chi connectivity index (χ0) is 11.2. The Morgan fingerprint density at radius 3 is 2.62 bits per heavy atom. The van der Waals surface area contributed by atoms with Crippen molar-refractivity contribution in [3.05, 3.63) is 59.9 Å². The zero-order valence-electron chi connectivity index (χ0n) is 8.97. The Labute approximate surface area is 94.9 Å². The van der Waals surface area contributed by atoms with Gasteiger partial charge in [0.15, 0.2) is 0 Å². The number of rotatable bonds is 4. The molecule has 3 nitrogen and oxygen atoms in total. The highest BCUT2D eigenvalue weighted by Gasteiger charge is 2.02. The lowest BCUT2D eigenvalue weighted by Gasteiger charge is -2.08. The van der Waals surface area contributed by atoms with Crippen LogP contribution in [-0.2, 0) is 13.2 Å². The molecule has 2 aromatic rings. The van der Waals surface area contributed by atoms with Gasteiger partial charge in [0.1, 0.15) is 12.4 Å². The van der Waals surface area contributed by atoms with Gasteiger partial charge in [0, 0.05) is 12.7 Å². The van der Waals surface area contributed by atoms with E-state index in [1.165, 1.54) is 0 Å². The fourth-order valence-electron chi connectivity index (χ4n) is 1.46. The number of nitrogens with two attached hydrogens (primary N) is 1. The molecule has 0 saturated heterocycles. The van der Waals surface area contributed by atoms with Gasteiger partial charge in [0.2, 0.25) is 0 Å². The third-order valence-corrected chi connectivity index (χ3v) is 2.32. The molecule has 1 heterocycles. The summed E-state index contributed by atoms with van der Waals surface area (Å²) in [6.45, 7) is 0.943. The first-order valence-electron chi connectivity index (χ1n) is 5.21. The second kappa shape index (κ2) is 5.28. The Hall–Kier alpha value is -1.87. The normalized spacial score (nSPS) is 10.1. The summed E-state index contributed by atoms with van der Waals surface area (Å²) in [6.07, 6.45) is 1.75. The number of hydrogen-bond acceptors (Lipinski definition) is 3. The highest BCUT2D eigenvalue weighted by atomic mass is 16.5. The Bertz CT molecular complexity index is 443. The van der Waals surface area contributed by atoms with Crippen molar-refractivity contribution in [2.45, 2.75) is 13.2 Å². The van der Waals surface area contributed by atoms with Gasteiger partial charge >= 0.3 is 0 Å². The second-order valence-corrected chi connectivity index (χ2v) is 3.42.